The van der Waals surface area contributed by atoms with E-state index in [1.807, 2.05) is 0 Å². The second-order valence-corrected chi connectivity index (χ2v) is 7.04. The number of benzene rings is 1. The molecule has 1 saturated heterocycles. The minimum Gasteiger partial charge on any atom is -0.355 e. The fraction of sp³-hybridized carbons (Fsp3) is 0.667. The van der Waals surface area contributed by atoms with Crippen molar-refractivity contribution in [3.05, 3.63) is 35.4 Å². The van der Waals surface area contributed by atoms with Gasteiger partial charge in [-0.2, -0.15) is 0 Å². The summed E-state index contributed by atoms with van der Waals surface area (Å²) >= 11 is 0. The molecular weight excluding hydrogens is 310 g/mol. The lowest BCUT2D eigenvalue weighted by Crippen LogP contribution is -2.42. The minimum absolute atomic E-state index is 0.190. The van der Waals surface area contributed by atoms with Crippen molar-refractivity contribution in [1.82, 2.24) is 15.1 Å². The molecular formula is C21H35N3O. The normalized spacial score (nSPS) is 16.3. The maximum atomic E-state index is 12.3. The van der Waals surface area contributed by atoms with Gasteiger partial charge in [-0.15, -0.1) is 0 Å². The van der Waals surface area contributed by atoms with E-state index in [0.29, 0.717) is 0 Å². The van der Waals surface area contributed by atoms with Crippen LogP contribution in [0.2, 0.25) is 0 Å². The summed E-state index contributed by atoms with van der Waals surface area (Å²) in [6.45, 7) is 13.4. The summed E-state index contributed by atoms with van der Waals surface area (Å²) in [7, 11) is 0. The van der Waals surface area contributed by atoms with Crippen LogP contribution in [0.1, 0.15) is 44.7 Å². The number of hydrogen-bond acceptors (Lipinski definition) is 3. The summed E-state index contributed by atoms with van der Waals surface area (Å²) in [4.78, 5) is 17.2. The molecule has 0 saturated carbocycles. The molecule has 0 atom stereocenters. The monoisotopic (exact) mass is 345 g/mol. The molecule has 2 rings (SSSR count). The lowest BCUT2D eigenvalue weighted by atomic mass is 9.95. The van der Waals surface area contributed by atoms with Crippen molar-refractivity contribution < 1.29 is 4.79 Å². The van der Waals surface area contributed by atoms with E-state index in [1.165, 1.54) is 11.1 Å². The lowest BCUT2D eigenvalue weighted by Gasteiger charge is -2.31. The molecule has 0 spiro atoms. The Hall–Kier alpha value is -1.39. The lowest BCUT2D eigenvalue weighted by molar-refractivity contribution is -0.126. The average Bonchev–Trinajstić information content (AvgIpc) is 2.66. The highest BCUT2D eigenvalue weighted by Gasteiger charge is 2.24. The van der Waals surface area contributed by atoms with Crippen molar-refractivity contribution in [2.45, 2.75) is 46.6 Å². The molecule has 0 unspecified atom stereocenters. The van der Waals surface area contributed by atoms with Crippen molar-refractivity contribution in [3.8, 4) is 0 Å². The second kappa shape index (κ2) is 10.6. The first-order valence-corrected chi connectivity index (χ1v) is 9.96. The summed E-state index contributed by atoms with van der Waals surface area (Å²) < 4.78 is 0. The van der Waals surface area contributed by atoms with Crippen LogP contribution in [0.25, 0.3) is 0 Å². The van der Waals surface area contributed by atoms with Crippen LogP contribution in [0, 0.1) is 5.92 Å². The van der Waals surface area contributed by atoms with Crippen molar-refractivity contribution >= 4 is 5.91 Å². The third-order valence-electron chi connectivity index (χ3n) is 5.42. The molecule has 1 N–H and O–H groups in total. The molecule has 1 heterocycles. The van der Waals surface area contributed by atoms with Crippen LogP contribution < -0.4 is 5.32 Å². The van der Waals surface area contributed by atoms with Gasteiger partial charge in [0.25, 0.3) is 0 Å². The molecule has 1 aromatic carbocycles. The van der Waals surface area contributed by atoms with Crippen LogP contribution in [0.3, 0.4) is 0 Å². The molecule has 4 heteroatoms. The molecule has 25 heavy (non-hydrogen) atoms. The summed E-state index contributed by atoms with van der Waals surface area (Å²) in [5.41, 5.74) is 2.77. The number of nitrogens with one attached hydrogen (secondary N) is 1. The third kappa shape index (κ3) is 6.44. The quantitative estimate of drug-likeness (QED) is 0.747. The predicted molar refractivity (Wildman–Crippen MR) is 105 cm³/mol. The number of hydrogen-bond donors (Lipinski definition) is 1. The van der Waals surface area contributed by atoms with Crippen LogP contribution in [-0.2, 0) is 17.8 Å². The van der Waals surface area contributed by atoms with Crippen LogP contribution in [0.5, 0.6) is 0 Å². The van der Waals surface area contributed by atoms with Crippen LogP contribution in [0.15, 0.2) is 24.3 Å². The van der Waals surface area contributed by atoms with Gasteiger partial charge in [0.2, 0.25) is 5.91 Å². The number of nitrogens with zero attached hydrogens (tertiary/aromatic N) is 2. The summed E-state index contributed by atoms with van der Waals surface area (Å²) in [6, 6.07) is 8.94. The first-order chi connectivity index (χ1) is 12.2. The molecule has 4 nitrogen and oxygen atoms in total. The van der Waals surface area contributed by atoms with Crippen LogP contribution in [0.4, 0.5) is 0 Å². The van der Waals surface area contributed by atoms with Gasteiger partial charge in [0.15, 0.2) is 0 Å². The minimum atomic E-state index is 0.190. The highest BCUT2D eigenvalue weighted by molar-refractivity contribution is 5.78. The molecule has 140 valence electrons. The Morgan fingerprint density at radius 3 is 2.24 bits per heavy atom. The zero-order chi connectivity index (χ0) is 18.1. The Labute approximate surface area is 153 Å². The molecule has 0 aromatic heterocycles. The van der Waals surface area contributed by atoms with E-state index in [-0.39, 0.29) is 11.8 Å². The first-order valence-electron chi connectivity index (χ1n) is 9.96. The van der Waals surface area contributed by atoms with Gasteiger partial charge in [-0.25, -0.2) is 0 Å². The fourth-order valence-corrected chi connectivity index (χ4v) is 3.51. The number of amides is 1. The topological polar surface area (TPSA) is 35.6 Å². The van der Waals surface area contributed by atoms with Gasteiger partial charge in [-0.1, -0.05) is 45.0 Å². The standard InChI is InChI=1S/C21H35N3O/c1-4-18-7-9-19(10-8-18)17-24-14-11-20(12-15-24)21(25)22-13-16-23(5-2)6-3/h7-10,20H,4-6,11-17H2,1-3H3,(H,22,25). The van der Waals surface area contributed by atoms with Gasteiger partial charge < -0.3 is 10.2 Å². The number of rotatable bonds is 9. The maximum Gasteiger partial charge on any atom is 0.223 e. The molecule has 1 aliphatic heterocycles. The van der Waals surface area contributed by atoms with Gasteiger partial charge in [-0.05, 0) is 56.6 Å². The number of carbonyl (C=O) groups is 1. The average molecular weight is 346 g/mol. The van der Waals surface area contributed by atoms with E-state index in [4.69, 9.17) is 0 Å². The molecule has 0 aliphatic carbocycles. The molecule has 0 radical (unpaired) electrons. The Balaban J connectivity index is 1.68. The largest absolute Gasteiger partial charge is 0.355 e. The maximum absolute atomic E-state index is 12.3. The van der Waals surface area contributed by atoms with Gasteiger partial charge in [0.05, 0.1) is 0 Å². The summed E-state index contributed by atoms with van der Waals surface area (Å²) in [5, 5.41) is 3.13. The van der Waals surface area contributed by atoms with E-state index in [2.05, 4.69) is 60.2 Å². The molecule has 1 aliphatic rings. The molecule has 0 bridgehead atoms. The van der Waals surface area contributed by atoms with E-state index in [9.17, 15) is 4.79 Å². The van der Waals surface area contributed by atoms with E-state index < -0.39 is 0 Å². The van der Waals surface area contributed by atoms with E-state index in [1.54, 1.807) is 0 Å². The molecule has 1 fully saturated rings. The van der Waals surface area contributed by atoms with Crippen LogP contribution >= 0.6 is 0 Å². The number of likely N-dealkylation sites (N-methyl/N-ethyl adjacent to an activating group) is 1. The Morgan fingerprint density at radius 2 is 1.68 bits per heavy atom. The fourth-order valence-electron chi connectivity index (χ4n) is 3.51. The Kier molecular flexibility index (Phi) is 8.42. The van der Waals surface area contributed by atoms with Gasteiger partial charge in [0, 0.05) is 25.6 Å². The number of aryl methyl sites for hydroxylation is 1. The highest BCUT2D eigenvalue weighted by Crippen LogP contribution is 2.19. The Morgan fingerprint density at radius 1 is 1.08 bits per heavy atom. The number of likely N-dealkylation sites (tertiary alicyclic amines) is 1. The SMILES string of the molecule is CCc1ccc(CN2CCC(C(=O)NCCN(CC)CC)CC2)cc1. The van der Waals surface area contributed by atoms with E-state index >= 15 is 0 Å². The third-order valence-corrected chi connectivity index (χ3v) is 5.42. The Bertz CT molecular complexity index is 502. The van der Waals surface area contributed by atoms with Crippen molar-refractivity contribution in [1.29, 1.82) is 0 Å². The van der Waals surface area contributed by atoms with Gasteiger partial charge >= 0.3 is 0 Å². The van der Waals surface area contributed by atoms with Crippen molar-refractivity contribution in [2.24, 2.45) is 5.92 Å². The zero-order valence-corrected chi connectivity index (χ0v) is 16.3. The molecule has 1 amide bonds. The summed E-state index contributed by atoms with van der Waals surface area (Å²) in [5.74, 6) is 0.439. The molecule has 1 aromatic rings. The predicted octanol–water partition coefficient (Wildman–Crippen LogP) is 2.92. The van der Waals surface area contributed by atoms with Gasteiger partial charge in [0.1, 0.15) is 0 Å². The highest BCUT2D eigenvalue weighted by atomic mass is 16.1. The van der Waals surface area contributed by atoms with E-state index in [0.717, 1.165) is 65.1 Å². The smallest absolute Gasteiger partial charge is 0.223 e. The van der Waals surface area contributed by atoms with Crippen LogP contribution in [-0.4, -0.2) is 55.0 Å². The number of carbonyl (C=O) groups excluding carboxylic acids is 1. The summed E-state index contributed by atoms with van der Waals surface area (Å²) in [6.07, 6.45) is 3.04. The van der Waals surface area contributed by atoms with Gasteiger partial charge in [-0.3, -0.25) is 9.69 Å². The second-order valence-electron chi connectivity index (χ2n) is 7.04. The van der Waals surface area contributed by atoms with Crippen molar-refractivity contribution in [3.63, 3.8) is 0 Å². The first kappa shape index (κ1) is 19.9. The zero-order valence-electron chi connectivity index (χ0n) is 16.3. The number of piperidine rings is 1. The van der Waals surface area contributed by atoms with Crippen molar-refractivity contribution in [2.75, 3.05) is 39.3 Å².